The van der Waals surface area contributed by atoms with Gasteiger partial charge in [0.1, 0.15) is 11.5 Å². The number of nitrogens with zero attached hydrogens (tertiary/aromatic N) is 1. The average Bonchev–Trinajstić information content (AvgIpc) is 2.62. The van der Waals surface area contributed by atoms with E-state index in [9.17, 15) is 5.11 Å². The molecule has 3 rings (SSSR count). The van der Waals surface area contributed by atoms with Crippen LogP contribution in [0.4, 0.5) is 0 Å². The summed E-state index contributed by atoms with van der Waals surface area (Å²) in [4.78, 5) is 2.44. The number of aliphatic hydroxyl groups is 1. The second kappa shape index (κ2) is 9.64. The van der Waals surface area contributed by atoms with Crippen molar-refractivity contribution >= 4 is 12.4 Å². The summed E-state index contributed by atoms with van der Waals surface area (Å²) in [5, 5.41) is 12.8. The highest BCUT2D eigenvalue weighted by atomic mass is 35.5. The lowest BCUT2D eigenvalue weighted by Crippen LogP contribution is -2.45. The number of rotatable bonds is 6. The molecular formula is C19H25ClN2O2. The molecule has 2 N–H and O–H groups in total. The zero-order valence-electron chi connectivity index (χ0n) is 13.7. The van der Waals surface area contributed by atoms with Crippen molar-refractivity contribution in [2.24, 2.45) is 0 Å². The minimum Gasteiger partial charge on any atom is -0.457 e. The molecule has 1 aliphatic heterocycles. The molecule has 1 atom stereocenters. The highest BCUT2D eigenvalue weighted by Gasteiger charge is 2.21. The van der Waals surface area contributed by atoms with Crippen molar-refractivity contribution in [3.8, 4) is 11.5 Å². The van der Waals surface area contributed by atoms with Crippen molar-refractivity contribution in [3.05, 3.63) is 60.2 Å². The van der Waals surface area contributed by atoms with Crippen LogP contribution in [0.3, 0.4) is 0 Å². The summed E-state index contributed by atoms with van der Waals surface area (Å²) >= 11 is 0. The molecule has 24 heavy (non-hydrogen) atoms. The number of hydrogen-bond acceptors (Lipinski definition) is 4. The van der Waals surface area contributed by atoms with E-state index < -0.39 is 0 Å². The molecule has 1 saturated heterocycles. The molecule has 0 radical (unpaired) electrons. The van der Waals surface area contributed by atoms with E-state index in [2.05, 4.69) is 22.3 Å². The largest absolute Gasteiger partial charge is 0.457 e. The summed E-state index contributed by atoms with van der Waals surface area (Å²) in [6.07, 6.45) is 0.763. The zero-order valence-corrected chi connectivity index (χ0v) is 14.5. The Morgan fingerprint density at radius 1 is 0.958 bits per heavy atom. The van der Waals surface area contributed by atoms with Gasteiger partial charge >= 0.3 is 0 Å². The number of hydrogen-bond donors (Lipinski definition) is 2. The van der Waals surface area contributed by atoms with Crippen LogP contribution in [-0.2, 0) is 0 Å². The fraction of sp³-hybridized carbons (Fsp3) is 0.368. The van der Waals surface area contributed by atoms with Crippen molar-refractivity contribution in [2.75, 3.05) is 32.8 Å². The van der Waals surface area contributed by atoms with E-state index in [1.165, 1.54) is 5.56 Å². The van der Waals surface area contributed by atoms with Crippen molar-refractivity contribution in [1.29, 1.82) is 0 Å². The predicted octanol–water partition coefficient (Wildman–Crippen LogP) is 3.23. The Balaban J connectivity index is 0.00000208. The summed E-state index contributed by atoms with van der Waals surface area (Å²) in [5.74, 6) is 1.68. The molecule has 0 aromatic heterocycles. The van der Waals surface area contributed by atoms with E-state index in [0.717, 1.165) is 44.1 Å². The van der Waals surface area contributed by atoms with Crippen LogP contribution in [0.1, 0.15) is 18.0 Å². The fourth-order valence-electron chi connectivity index (χ4n) is 3.06. The minimum atomic E-state index is 0. The molecular weight excluding hydrogens is 324 g/mol. The van der Waals surface area contributed by atoms with E-state index in [4.69, 9.17) is 4.74 Å². The lowest BCUT2D eigenvalue weighted by atomic mass is 10.0. The topological polar surface area (TPSA) is 44.7 Å². The summed E-state index contributed by atoms with van der Waals surface area (Å²) < 4.78 is 5.85. The quantitative estimate of drug-likeness (QED) is 0.841. The molecule has 0 amide bonds. The molecule has 130 valence electrons. The first-order valence-electron chi connectivity index (χ1n) is 8.25. The second-order valence-corrected chi connectivity index (χ2v) is 5.80. The number of para-hydroxylation sites is 1. The van der Waals surface area contributed by atoms with Crippen LogP contribution in [0.15, 0.2) is 54.6 Å². The van der Waals surface area contributed by atoms with Gasteiger partial charge in [-0.25, -0.2) is 0 Å². The van der Waals surface area contributed by atoms with E-state index >= 15 is 0 Å². The van der Waals surface area contributed by atoms with Crippen molar-refractivity contribution in [1.82, 2.24) is 10.2 Å². The van der Waals surface area contributed by atoms with E-state index in [0.29, 0.717) is 0 Å². The van der Waals surface area contributed by atoms with Gasteiger partial charge in [0, 0.05) is 38.8 Å². The molecule has 0 spiro atoms. The third-order valence-electron chi connectivity index (χ3n) is 4.24. The SMILES string of the molecule is Cl.OCC[C@@H](c1ccc(Oc2ccccc2)cc1)N1CCNCC1. The van der Waals surface area contributed by atoms with Gasteiger partial charge in [0.2, 0.25) is 0 Å². The van der Waals surface area contributed by atoms with Crippen LogP contribution >= 0.6 is 12.4 Å². The minimum absolute atomic E-state index is 0. The number of nitrogens with one attached hydrogen (secondary N) is 1. The molecule has 4 nitrogen and oxygen atoms in total. The monoisotopic (exact) mass is 348 g/mol. The summed E-state index contributed by atoms with van der Waals surface area (Å²) in [5.41, 5.74) is 1.24. The van der Waals surface area contributed by atoms with Crippen LogP contribution in [0.5, 0.6) is 11.5 Å². The average molecular weight is 349 g/mol. The van der Waals surface area contributed by atoms with Crippen LogP contribution < -0.4 is 10.1 Å². The smallest absolute Gasteiger partial charge is 0.127 e. The van der Waals surface area contributed by atoms with Gasteiger partial charge < -0.3 is 15.2 Å². The Morgan fingerprint density at radius 2 is 1.58 bits per heavy atom. The molecule has 0 aliphatic carbocycles. The molecule has 2 aromatic rings. The summed E-state index contributed by atoms with van der Waals surface area (Å²) in [7, 11) is 0. The Kier molecular flexibility index (Phi) is 7.53. The zero-order chi connectivity index (χ0) is 15.9. The predicted molar refractivity (Wildman–Crippen MR) is 99.1 cm³/mol. The van der Waals surface area contributed by atoms with Gasteiger partial charge in [-0.2, -0.15) is 0 Å². The van der Waals surface area contributed by atoms with Gasteiger partial charge in [-0.1, -0.05) is 30.3 Å². The van der Waals surface area contributed by atoms with Crippen molar-refractivity contribution < 1.29 is 9.84 Å². The Hall–Kier alpha value is -1.59. The lowest BCUT2D eigenvalue weighted by molar-refractivity contribution is 0.141. The molecule has 1 aliphatic rings. The highest BCUT2D eigenvalue weighted by molar-refractivity contribution is 5.85. The van der Waals surface area contributed by atoms with Crippen LogP contribution in [0, 0.1) is 0 Å². The molecule has 5 heteroatoms. The maximum absolute atomic E-state index is 9.41. The standard InChI is InChI=1S/C19H24N2O2.ClH/c22-15-10-19(21-13-11-20-12-14-21)16-6-8-18(9-7-16)23-17-4-2-1-3-5-17;/h1-9,19-20,22H,10-15H2;1H/t19-;/m0./s1. The molecule has 0 saturated carbocycles. The first-order valence-corrected chi connectivity index (χ1v) is 8.25. The third kappa shape index (κ3) is 4.95. The van der Waals surface area contributed by atoms with Crippen LogP contribution in [-0.4, -0.2) is 42.8 Å². The van der Waals surface area contributed by atoms with Gasteiger partial charge in [-0.3, -0.25) is 4.90 Å². The van der Waals surface area contributed by atoms with Crippen LogP contribution in [0.25, 0.3) is 0 Å². The lowest BCUT2D eigenvalue weighted by Gasteiger charge is -2.35. The number of piperazine rings is 1. The maximum atomic E-state index is 9.41. The number of halogens is 1. The molecule has 1 fully saturated rings. The van der Waals surface area contributed by atoms with Crippen LogP contribution in [0.2, 0.25) is 0 Å². The molecule has 0 unspecified atom stereocenters. The number of benzene rings is 2. The summed E-state index contributed by atoms with van der Waals surface area (Å²) in [6.45, 7) is 4.27. The first-order chi connectivity index (χ1) is 11.4. The maximum Gasteiger partial charge on any atom is 0.127 e. The van der Waals surface area contributed by atoms with Crippen molar-refractivity contribution in [3.63, 3.8) is 0 Å². The number of aliphatic hydroxyl groups excluding tert-OH is 1. The summed E-state index contributed by atoms with van der Waals surface area (Å²) in [6, 6.07) is 18.3. The Morgan fingerprint density at radius 3 is 2.21 bits per heavy atom. The fourth-order valence-corrected chi connectivity index (χ4v) is 3.06. The Labute approximate surface area is 149 Å². The van der Waals surface area contributed by atoms with Gasteiger partial charge in [-0.05, 0) is 36.2 Å². The van der Waals surface area contributed by atoms with Crippen molar-refractivity contribution in [2.45, 2.75) is 12.5 Å². The van der Waals surface area contributed by atoms with Gasteiger partial charge in [0.05, 0.1) is 0 Å². The van der Waals surface area contributed by atoms with E-state index in [1.54, 1.807) is 0 Å². The van der Waals surface area contributed by atoms with Gasteiger partial charge in [-0.15, -0.1) is 12.4 Å². The molecule has 2 aromatic carbocycles. The van der Waals surface area contributed by atoms with E-state index in [-0.39, 0.29) is 25.1 Å². The normalized spacial score (nSPS) is 16.2. The second-order valence-electron chi connectivity index (χ2n) is 5.80. The van der Waals surface area contributed by atoms with Gasteiger partial charge in [0.15, 0.2) is 0 Å². The molecule has 1 heterocycles. The first kappa shape index (κ1) is 18.7. The van der Waals surface area contributed by atoms with E-state index in [1.807, 2.05) is 42.5 Å². The molecule has 0 bridgehead atoms. The highest BCUT2D eigenvalue weighted by Crippen LogP contribution is 2.28. The number of ether oxygens (including phenoxy) is 1. The van der Waals surface area contributed by atoms with Gasteiger partial charge in [0.25, 0.3) is 0 Å². The Bertz CT molecular complexity index is 586. The third-order valence-corrected chi connectivity index (χ3v) is 4.24.